The van der Waals surface area contributed by atoms with E-state index in [-0.39, 0.29) is 5.44 Å². The van der Waals surface area contributed by atoms with Gasteiger partial charge in [0.2, 0.25) is 0 Å². The van der Waals surface area contributed by atoms with Crippen LogP contribution in [0.2, 0.25) is 0 Å². The molecule has 1 aromatic heterocycles. The van der Waals surface area contributed by atoms with Gasteiger partial charge in [-0.05, 0) is 31.2 Å². The van der Waals surface area contributed by atoms with E-state index in [2.05, 4.69) is 4.98 Å². The van der Waals surface area contributed by atoms with Crippen LogP contribution >= 0.6 is 7.92 Å². The van der Waals surface area contributed by atoms with Crippen molar-refractivity contribution in [3.63, 3.8) is 0 Å². The molecular weight excluding hydrogens is 375 g/mol. The molecule has 0 N–H and O–H groups in total. The second kappa shape index (κ2) is 7.08. The van der Waals surface area contributed by atoms with Gasteiger partial charge in [-0.3, -0.25) is 4.98 Å². The molecule has 0 aliphatic carbocycles. The highest BCUT2D eigenvalue weighted by Crippen LogP contribution is 2.35. The summed E-state index contributed by atoms with van der Waals surface area (Å²) in [6.07, 6.45) is 0. The molecule has 0 amide bonds. The fourth-order valence-electron chi connectivity index (χ4n) is 2.44. The molecule has 0 fully saturated rings. The van der Waals surface area contributed by atoms with E-state index in [1.54, 1.807) is 13.0 Å². The molecule has 0 bridgehead atoms. The lowest BCUT2D eigenvalue weighted by molar-refractivity contribution is 0.499. The zero-order valence-corrected chi connectivity index (χ0v) is 14.1. The van der Waals surface area contributed by atoms with Gasteiger partial charge in [-0.15, -0.1) is 0 Å². The smallest absolute Gasteiger partial charge is 0.167 e. The fourth-order valence-corrected chi connectivity index (χ4v) is 4.80. The maximum atomic E-state index is 14.4. The number of aryl methyl sites for hydroxylation is 1. The van der Waals surface area contributed by atoms with Crippen LogP contribution in [0.15, 0.2) is 42.5 Å². The first-order valence-corrected chi connectivity index (χ1v) is 8.65. The fraction of sp³-hybridized carbons (Fsp3) is 0.0556. The zero-order valence-electron chi connectivity index (χ0n) is 13.2. The number of aromatic nitrogens is 1. The second-order valence-electron chi connectivity index (χ2n) is 5.41. The number of hydrogen-bond donors (Lipinski definition) is 0. The molecule has 0 spiro atoms. The average molecular weight is 385 g/mol. The lowest BCUT2D eigenvalue weighted by Gasteiger charge is -2.20. The number of rotatable bonds is 3. The van der Waals surface area contributed by atoms with Crippen molar-refractivity contribution in [2.45, 2.75) is 6.92 Å². The zero-order chi connectivity index (χ0) is 19.0. The van der Waals surface area contributed by atoms with Gasteiger partial charge in [0.25, 0.3) is 0 Å². The van der Waals surface area contributed by atoms with Crippen molar-refractivity contribution in [1.82, 2.24) is 4.98 Å². The van der Waals surface area contributed by atoms with Gasteiger partial charge >= 0.3 is 0 Å². The normalized spacial score (nSPS) is 11.2. The Morgan fingerprint density at radius 2 is 1.23 bits per heavy atom. The molecule has 3 rings (SSSR count). The average Bonchev–Trinajstić information content (AvgIpc) is 2.56. The standard InChI is InChI=1S/C18H10F6NP/c1-9-3-2-4-16(25-9)26(14-7-10(19)5-12(21)17(14)23)15-8-11(20)6-13(22)18(15)24/h2-8H,1H3. The Bertz CT molecular complexity index is 934. The van der Waals surface area contributed by atoms with Crippen LogP contribution in [-0.2, 0) is 0 Å². The summed E-state index contributed by atoms with van der Waals surface area (Å²) in [6, 6.07) is 6.52. The van der Waals surface area contributed by atoms with Crippen molar-refractivity contribution in [3.05, 3.63) is 83.1 Å². The van der Waals surface area contributed by atoms with Gasteiger partial charge in [-0.2, -0.15) is 0 Å². The van der Waals surface area contributed by atoms with Gasteiger partial charge in [0.1, 0.15) is 11.6 Å². The third kappa shape index (κ3) is 3.44. The number of nitrogens with zero attached hydrogens (tertiary/aromatic N) is 1. The molecule has 0 atom stereocenters. The minimum atomic E-state index is -2.39. The summed E-state index contributed by atoms with van der Waals surface area (Å²) in [4.78, 5) is 4.13. The third-order valence-corrected chi connectivity index (χ3v) is 5.85. The van der Waals surface area contributed by atoms with Crippen molar-refractivity contribution in [2.24, 2.45) is 0 Å². The number of benzene rings is 2. The van der Waals surface area contributed by atoms with E-state index in [0.29, 0.717) is 30.0 Å². The van der Waals surface area contributed by atoms with Gasteiger partial charge in [0.05, 0.1) is 5.44 Å². The van der Waals surface area contributed by atoms with E-state index in [1.807, 2.05) is 0 Å². The maximum Gasteiger partial charge on any atom is 0.167 e. The summed E-state index contributed by atoms with van der Waals surface area (Å²) in [5.74, 6) is -8.03. The van der Waals surface area contributed by atoms with Gasteiger partial charge in [-0.1, -0.05) is 6.07 Å². The molecule has 3 aromatic rings. The van der Waals surface area contributed by atoms with Gasteiger partial charge in [0, 0.05) is 36.4 Å². The Morgan fingerprint density at radius 1 is 0.731 bits per heavy atom. The van der Waals surface area contributed by atoms with Crippen molar-refractivity contribution in [2.75, 3.05) is 0 Å². The highest BCUT2D eigenvalue weighted by atomic mass is 31.1. The van der Waals surface area contributed by atoms with Crippen LogP contribution in [0, 0.1) is 41.8 Å². The van der Waals surface area contributed by atoms with E-state index in [1.165, 1.54) is 12.1 Å². The van der Waals surface area contributed by atoms with Crippen molar-refractivity contribution in [1.29, 1.82) is 0 Å². The molecule has 1 heterocycles. The first-order valence-electron chi connectivity index (χ1n) is 7.31. The van der Waals surface area contributed by atoms with Gasteiger partial charge in [-0.25, -0.2) is 26.3 Å². The summed E-state index contributed by atoms with van der Waals surface area (Å²) < 4.78 is 83.5. The maximum absolute atomic E-state index is 14.4. The molecule has 2 aromatic carbocycles. The highest BCUT2D eigenvalue weighted by molar-refractivity contribution is 7.79. The Morgan fingerprint density at radius 3 is 1.69 bits per heavy atom. The van der Waals surface area contributed by atoms with Crippen LogP contribution in [0.1, 0.15) is 5.69 Å². The third-order valence-electron chi connectivity index (χ3n) is 3.53. The Labute approximate surface area is 146 Å². The van der Waals surface area contributed by atoms with Crippen LogP contribution in [-0.4, -0.2) is 4.98 Å². The molecule has 26 heavy (non-hydrogen) atoms. The highest BCUT2D eigenvalue weighted by Gasteiger charge is 2.28. The quantitative estimate of drug-likeness (QED) is 0.378. The summed E-state index contributed by atoms with van der Waals surface area (Å²) in [5.41, 5.74) is 0.511. The number of pyridine rings is 1. The molecule has 0 unspecified atom stereocenters. The minimum Gasteiger partial charge on any atom is -0.253 e. The van der Waals surface area contributed by atoms with E-state index >= 15 is 0 Å². The lowest BCUT2D eigenvalue weighted by atomic mass is 10.3. The van der Waals surface area contributed by atoms with E-state index < -0.39 is 53.4 Å². The molecule has 134 valence electrons. The van der Waals surface area contributed by atoms with Crippen molar-refractivity contribution in [3.8, 4) is 0 Å². The summed E-state index contributed by atoms with van der Waals surface area (Å²) in [6.45, 7) is 1.60. The molecule has 0 saturated carbocycles. The van der Waals surface area contributed by atoms with Crippen molar-refractivity contribution < 1.29 is 26.3 Å². The van der Waals surface area contributed by atoms with E-state index in [0.717, 1.165) is 0 Å². The Balaban J connectivity index is 2.36. The topological polar surface area (TPSA) is 12.9 Å². The van der Waals surface area contributed by atoms with Crippen LogP contribution in [0.5, 0.6) is 0 Å². The van der Waals surface area contributed by atoms with Crippen LogP contribution in [0.25, 0.3) is 0 Å². The van der Waals surface area contributed by atoms with Crippen LogP contribution in [0.4, 0.5) is 26.3 Å². The lowest BCUT2D eigenvalue weighted by Crippen LogP contribution is -2.29. The number of halogens is 6. The monoisotopic (exact) mass is 385 g/mol. The van der Waals surface area contributed by atoms with Gasteiger partial charge in [0.15, 0.2) is 23.3 Å². The Kier molecular flexibility index (Phi) is 5.01. The first-order chi connectivity index (χ1) is 12.3. The predicted molar refractivity (Wildman–Crippen MR) is 87.4 cm³/mol. The molecule has 0 radical (unpaired) electrons. The summed E-state index contributed by atoms with van der Waals surface area (Å²) >= 11 is 0. The second-order valence-corrected chi connectivity index (χ2v) is 7.51. The Hall–Kier alpha value is -2.40. The van der Waals surface area contributed by atoms with Crippen molar-refractivity contribution >= 4 is 24.0 Å². The van der Waals surface area contributed by atoms with Crippen LogP contribution in [0.3, 0.4) is 0 Å². The minimum absolute atomic E-state index is 0.0489. The largest absolute Gasteiger partial charge is 0.253 e. The van der Waals surface area contributed by atoms with Crippen LogP contribution < -0.4 is 16.0 Å². The molecule has 1 nitrogen and oxygen atoms in total. The molecular formula is C18H10F6NP. The molecule has 0 saturated heterocycles. The predicted octanol–water partition coefficient (Wildman–Crippen LogP) is 3.98. The number of hydrogen-bond acceptors (Lipinski definition) is 1. The van der Waals surface area contributed by atoms with E-state index in [4.69, 9.17) is 0 Å². The summed E-state index contributed by atoms with van der Waals surface area (Å²) in [5, 5.41) is -1.11. The first kappa shape index (κ1) is 18.4. The molecule has 8 heteroatoms. The van der Waals surface area contributed by atoms with E-state index in [9.17, 15) is 26.3 Å². The summed E-state index contributed by atoms with van der Waals surface area (Å²) in [7, 11) is -2.39. The molecule has 0 aliphatic rings. The molecule has 0 aliphatic heterocycles. The van der Waals surface area contributed by atoms with Gasteiger partial charge < -0.3 is 0 Å². The SMILES string of the molecule is Cc1cccc(P(c2cc(F)cc(F)c2F)c2cc(F)cc(F)c2F)n1.